The second kappa shape index (κ2) is 6.71. The Balaban J connectivity index is 1.79. The van der Waals surface area contributed by atoms with Gasteiger partial charge in [0.05, 0.1) is 21.9 Å². The molecule has 0 aliphatic carbocycles. The summed E-state index contributed by atoms with van der Waals surface area (Å²) in [5, 5.41) is 22.3. The molecule has 2 aliphatic heterocycles. The molecule has 2 atom stereocenters. The van der Waals surface area contributed by atoms with Gasteiger partial charge in [0.15, 0.2) is 0 Å². The van der Waals surface area contributed by atoms with Gasteiger partial charge in [0.25, 0.3) is 11.4 Å². The third-order valence-corrected chi connectivity index (χ3v) is 5.68. The second-order valence-electron chi connectivity index (χ2n) is 7.15. The number of nitro benzene ring substituents is 2. The maximum absolute atomic E-state index is 11.3. The van der Waals surface area contributed by atoms with Gasteiger partial charge in [0.1, 0.15) is 0 Å². The van der Waals surface area contributed by atoms with Gasteiger partial charge in [-0.15, -0.1) is 0 Å². The van der Waals surface area contributed by atoms with Crippen molar-refractivity contribution in [1.29, 1.82) is 0 Å². The van der Waals surface area contributed by atoms with Crippen LogP contribution in [0.5, 0.6) is 0 Å². The Morgan fingerprint density at radius 3 is 2.22 bits per heavy atom. The molecule has 0 N–H and O–H groups in total. The molecule has 0 aromatic heterocycles. The van der Waals surface area contributed by atoms with Crippen molar-refractivity contribution in [3.63, 3.8) is 0 Å². The number of benzene rings is 2. The Bertz CT molecular complexity index is 899. The first kappa shape index (κ1) is 17.6. The number of nitro groups is 2. The van der Waals surface area contributed by atoms with Crippen molar-refractivity contribution < 1.29 is 9.85 Å². The van der Waals surface area contributed by atoms with Gasteiger partial charge in [-0.05, 0) is 30.2 Å². The lowest BCUT2D eigenvalue weighted by molar-refractivity contribution is -0.385. The number of nitrogens with zero attached hydrogens (tertiary/aromatic N) is 4. The molecule has 8 nitrogen and oxygen atoms in total. The van der Waals surface area contributed by atoms with Crippen molar-refractivity contribution in [2.45, 2.75) is 18.5 Å². The van der Waals surface area contributed by atoms with E-state index < -0.39 is 4.92 Å². The zero-order chi connectivity index (χ0) is 19.1. The fraction of sp³-hybridized carbons (Fsp3) is 0.368. The average Bonchev–Trinajstić information content (AvgIpc) is 2.67. The molecule has 2 heterocycles. The highest BCUT2D eigenvalue weighted by Gasteiger charge is 2.40. The van der Waals surface area contributed by atoms with Crippen LogP contribution in [0.25, 0.3) is 0 Å². The van der Waals surface area contributed by atoms with Crippen molar-refractivity contribution in [2.24, 2.45) is 0 Å². The highest BCUT2D eigenvalue weighted by Crippen LogP contribution is 2.45. The van der Waals surface area contributed by atoms with Gasteiger partial charge >= 0.3 is 0 Å². The first-order chi connectivity index (χ1) is 13.0. The van der Waals surface area contributed by atoms with E-state index in [0.717, 1.165) is 42.7 Å². The van der Waals surface area contributed by atoms with Crippen molar-refractivity contribution >= 4 is 11.4 Å². The van der Waals surface area contributed by atoms with Crippen LogP contribution in [0, 0.1) is 20.2 Å². The number of rotatable bonds is 3. The molecule has 2 unspecified atom stereocenters. The summed E-state index contributed by atoms with van der Waals surface area (Å²) in [6.07, 6.45) is 0.876. The summed E-state index contributed by atoms with van der Waals surface area (Å²) >= 11 is 0. The topological polar surface area (TPSA) is 92.8 Å². The van der Waals surface area contributed by atoms with Crippen molar-refractivity contribution in [1.82, 2.24) is 9.80 Å². The lowest BCUT2D eigenvalue weighted by atomic mass is 9.83. The maximum atomic E-state index is 11.3. The molecule has 8 heteroatoms. The number of non-ortho nitro benzene ring substituents is 2. The van der Waals surface area contributed by atoms with Crippen LogP contribution in [0.4, 0.5) is 11.4 Å². The highest BCUT2D eigenvalue weighted by atomic mass is 16.6. The minimum absolute atomic E-state index is 0.00569. The SMILES string of the molecule is CN1CCN2CCc3ccc([N+](=O)[O-])cc3C2C1c1ccc([N+](=O)[O-])cc1. The summed E-state index contributed by atoms with van der Waals surface area (Å²) in [5.74, 6) is 0. The smallest absolute Gasteiger partial charge is 0.269 e. The first-order valence-corrected chi connectivity index (χ1v) is 8.91. The Kier molecular flexibility index (Phi) is 4.37. The Labute approximate surface area is 156 Å². The molecular weight excluding hydrogens is 348 g/mol. The molecule has 0 spiro atoms. The number of fused-ring (bicyclic) bond motifs is 3. The molecule has 2 aliphatic rings. The molecule has 0 bridgehead atoms. The molecule has 1 fully saturated rings. The fourth-order valence-electron chi connectivity index (χ4n) is 4.32. The lowest BCUT2D eigenvalue weighted by Crippen LogP contribution is -2.51. The van der Waals surface area contributed by atoms with E-state index in [1.807, 2.05) is 13.1 Å². The molecule has 0 amide bonds. The van der Waals surface area contributed by atoms with E-state index in [1.165, 1.54) is 12.1 Å². The van der Waals surface area contributed by atoms with E-state index in [2.05, 4.69) is 9.80 Å². The number of likely N-dealkylation sites (N-methyl/N-ethyl adjacent to an activating group) is 1. The van der Waals surface area contributed by atoms with Crippen LogP contribution >= 0.6 is 0 Å². The van der Waals surface area contributed by atoms with Crippen LogP contribution in [0.2, 0.25) is 0 Å². The second-order valence-corrected chi connectivity index (χ2v) is 7.15. The van der Waals surface area contributed by atoms with E-state index in [4.69, 9.17) is 0 Å². The molecule has 4 rings (SSSR count). The number of hydrogen-bond acceptors (Lipinski definition) is 6. The first-order valence-electron chi connectivity index (χ1n) is 8.91. The van der Waals surface area contributed by atoms with Crippen LogP contribution in [0.15, 0.2) is 42.5 Å². The van der Waals surface area contributed by atoms with Crippen LogP contribution in [-0.2, 0) is 6.42 Å². The third-order valence-electron chi connectivity index (χ3n) is 5.68. The zero-order valence-corrected chi connectivity index (χ0v) is 14.9. The van der Waals surface area contributed by atoms with Gasteiger partial charge in [-0.25, -0.2) is 0 Å². The molecule has 27 heavy (non-hydrogen) atoms. The summed E-state index contributed by atoms with van der Waals surface area (Å²) < 4.78 is 0. The van der Waals surface area contributed by atoms with Gasteiger partial charge in [-0.1, -0.05) is 18.2 Å². The van der Waals surface area contributed by atoms with Crippen molar-refractivity contribution in [3.05, 3.63) is 79.4 Å². The molecule has 0 radical (unpaired) electrons. The monoisotopic (exact) mass is 368 g/mol. The predicted octanol–water partition coefficient (Wildman–Crippen LogP) is 3.09. The average molecular weight is 368 g/mol. The largest absolute Gasteiger partial charge is 0.296 e. The van der Waals surface area contributed by atoms with Crippen LogP contribution in [-0.4, -0.2) is 46.3 Å². The zero-order valence-electron chi connectivity index (χ0n) is 14.9. The Morgan fingerprint density at radius 2 is 1.56 bits per heavy atom. The molecule has 140 valence electrons. The minimum Gasteiger partial charge on any atom is -0.296 e. The number of piperazine rings is 1. The maximum Gasteiger partial charge on any atom is 0.269 e. The quantitative estimate of drug-likeness (QED) is 0.610. The lowest BCUT2D eigenvalue weighted by Gasteiger charge is -2.49. The Morgan fingerprint density at radius 1 is 0.889 bits per heavy atom. The van der Waals surface area contributed by atoms with Crippen LogP contribution in [0.3, 0.4) is 0 Å². The fourth-order valence-corrected chi connectivity index (χ4v) is 4.32. The molecule has 2 aromatic carbocycles. The normalized spacial score (nSPS) is 22.7. The minimum atomic E-state index is -0.403. The van der Waals surface area contributed by atoms with E-state index in [-0.39, 0.29) is 28.4 Å². The van der Waals surface area contributed by atoms with E-state index >= 15 is 0 Å². The Hall–Kier alpha value is -2.84. The van der Waals surface area contributed by atoms with Gasteiger partial charge in [-0.2, -0.15) is 0 Å². The molecular formula is C19H20N4O4. The van der Waals surface area contributed by atoms with Gasteiger partial charge < -0.3 is 0 Å². The summed E-state index contributed by atoms with van der Waals surface area (Å²) in [7, 11) is 2.04. The summed E-state index contributed by atoms with van der Waals surface area (Å²) in [6, 6.07) is 11.8. The summed E-state index contributed by atoms with van der Waals surface area (Å²) in [4.78, 5) is 26.1. The van der Waals surface area contributed by atoms with Gasteiger partial charge in [0.2, 0.25) is 0 Å². The number of hydrogen-bond donors (Lipinski definition) is 0. The van der Waals surface area contributed by atoms with Gasteiger partial charge in [-0.3, -0.25) is 30.0 Å². The molecule has 2 aromatic rings. The molecule has 0 saturated carbocycles. The van der Waals surface area contributed by atoms with Crippen molar-refractivity contribution in [2.75, 3.05) is 26.7 Å². The summed E-state index contributed by atoms with van der Waals surface area (Å²) in [6.45, 7) is 2.68. The highest BCUT2D eigenvalue weighted by molar-refractivity contribution is 5.45. The summed E-state index contributed by atoms with van der Waals surface area (Å²) in [5.41, 5.74) is 3.28. The van der Waals surface area contributed by atoms with Crippen LogP contribution in [0.1, 0.15) is 28.8 Å². The predicted molar refractivity (Wildman–Crippen MR) is 99.6 cm³/mol. The van der Waals surface area contributed by atoms with Crippen LogP contribution < -0.4 is 0 Å². The molecule has 1 saturated heterocycles. The third kappa shape index (κ3) is 3.07. The van der Waals surface area contributed by atoms with E-state index in [1.54, 1.807) is 24.3 Å². The van der Waals surface area contributed by atoms with E-state index in [9.17, 15) is 20.2 Å². The van der Waals surface area contributed by atoms with E-state index in [0.29, 0.717) is 0 Å². The standard InChI is InChI=1S/C19H20N4O4/c1-20-10-11-21-9-8-13-2-7-16(23(26)27)12-17(13)19(21)18(20)14-3-5-15(6-4-14)22(24)25/h2-7,12,18-19H,8-11H2,1H3. The van der Waals surface area contributed by atoms with Crippen molar-refractivity contribution in [3.8, 4) is 0 Å². The van der Waals surface area contributed by atoms with Gasteiger partial charge in [0, 0.05) is 43.9 Å².